The highest BCUT2D eigenvalue weighted by Gasteiger charge is 2.24. The quantitative estimate of drug-likeness (QED) is 0.256. The molecule has 37 heavy (non-hydrogen) atoms. The SMILES string of the molecule is CNCCOc1cccc(CN(C)C(=O)c2cc(-c3n[nH]c(=O)n3-c3ccccc3F)c(O)cc2O)c1. The largest absolute Gasteiger partial charge is 0.507 e. The maximum atomic E-state index is 14.5. The van der Waals surface area contributed by atoms with Crippen LogP contribution < -0.4 is 15.7 Å². The molecule has 0 aliphatic heterocycles. The molecule has 1 aromatic heterocycles. The van der Waals surface area contributed by atoms with Gasteiger partial charge in [-0.25, -0.2) is 18.9 Å². The van der Waals surface area contributed by atoms with Crippen LogP contribution in [0.2, 0.25) is 0 Å². The average Bonchev–Trinajstić information content (AvgIpc) is 3.25. The first-order valence-electron chi connectivity index (χ1n) is 11.4. The van der Waals surface area contributed by atoms with Gasteiger partial charge in [0.15, 0.2) is 5.82 Å². The smallest absolute Gasteiger partial charge is 0.348 e. The molecule has 0 spiro atoms. The van der Waals surface area contributed by atoms with Gasteiger partial charge in [0, 0.05) is 26.2 Å². The van der Waals surface area contributed by atoms with E-state index in [0.29, 0.717) is 18.9 Å². The minimum atomic E-state index is -0.741. The number of halogens is 1. The monoisotopic (exact) mass is 507 g/mol. The number of nitrogens with one attached hydrogen (secondary N) is 2. The molecule has 0 aliphatic rings. The third kappa shape index (κ3) is 5.46. The first kappa shape index (κ1) is 25.5. The zero-order valence-corrected chi connectivity index (χ0v) is 20.2. The number of phenolic OH excluding ortho intramolecular Hbond substituents is 2. The number of amides is 1. The number of benzene rings is 3. The van der Waals surface area contributed by atoms with Crippen molar-refractivity contribution >= 4 is 5.91 Å². The van der Waals surface area contributed by atoms with E-state index in [4.69, 9.17) is 4.74 Å². The van der Waals surface area contributed by atoms with Gasteiger partial charge in [0.1, 0.15) is 29.7 Å². The number of phenols is 2. The van der Waals surface area contributed by atoms with E-state index in [1.165, 1.54) is 29.2 Å². The number of carbonyl (C=O) groups is 1. The molecule has 4 rings (SSSR count). The standard InChI is InChI=1S/C26H26FN5O5/c1-28-10-11-37-17-7-5-6-16(12-17)15-31(2)25(35)19-13-18(22(33)14-23(19)34)24-29-30-26(36)32(24)21-9-4-3-8-20(21)27/h3-9,12-14,28,33-34H,10-11,15H2,1-2H3,(H,30,36). The van der Waals surface area contributed by atoms with Gasteiger partial charge in [-0.05, 0) is 42.9 Å². The van der Waals surface area contributed by atoms with Crippen molar-refractivity contribution in [3.63, 3.8) is 0 Å². The Kier molecular flexibility index (Phi) is 7.54. The summed E-state index contributed by atoms with van der Waals surface area (Å²) in [7, 11) is 3.39. The van der Waals surface area contributed by atoms with Crippen molar-refractivity contribution in [3.8, 4) is 34.3 Å². The van der Waals surface area contributed by atoms with E-state index >= 15 is 0 Å². The highest BCUT2D eigenvalue weighted by atomic mass is 19.1. The van der Waals surface area contributed by atoms with E-state index in [1.807, 2.05) is 31.3 Å². The molecule has 0 unspecified atom stereocenters. The molecular formula is C26H26FN5O5. The number of carbonyl (C=O) groups excluding carboxylic acids is 1. The van der Waals surface area contributed by atoms with E-state index in [0.717, 1.165) is 16.2 Å². The molecule has 0 saturated carbocycles. The highest BCUT2D eigenvalue weighted by molar-refractivity contribution is 5.98. The maximum Gasteiger partial charge on any atom is 0.348 e. The fourth-order valence-corrected chi connectivity index (χ4v) is 3.82. The van der Waals surface area contributed by atoms with Crippen LogP contribution in [0.3, 0.4) is 0 Å². The predicted octanol–water partition coefficient (Wildman–Crippen LogP) is 2.65. The van der Waals surface area contributed by atoms with Crippen molar-refractivity contribution in [1.29, 1.82) is 0 Å². The van der Waals surface area contributed by atoms with Gasteiger partial charge in [0.2, 0.25) is 0 Å². The molecule has 11 heteroatoms. The number of rotatable bonds is 9. The minimum Gasteiger partial charge on any atom is -0.507 e. The second-order valence-electron chi connectivity index (χ2n) is 8.29. The van der Waals surface area contributed by atoms with Gasteiger partial charge in [-0.2, -0.15) is 5.10 Å². The van der Waals surface area contributed by atoms with Crippen LogP contribution >= 0.6 is 0 Å². The van der Waals surface area contributed by atoms with Crippen LogP contribution in [0.5, 0.6) is 17.2 Å². The zero-order valence-electron chi connectivity index (χ0n) is 20.2. The van der Waals surface area contributed by atoms with E-state index in [-0.39, 0.29) is 29.2 Å². The average molecular weight is 508 g/mol. The lowest BCUT2D eigenvalue weighted by molar-refractivity contribution is 0.0782. The Hall–Kier alpha value is -4.64. The molecule has 10 nitrogen and oxygen atoms in total. The van der Waals surface area contributed by atoms with Crippen molar-refractivity contribution < 1.29 is 24.1 Å². The number of aromatic hydroxyl groups is 2. The number of hydrogen-bond donors (Lipinski definition) is 4. The van der Waals surface area contributed by atoms with Gasteiger partial charge >= 0.3 is 5.69 Å². The summed E-state index contributed by atoms with van der Waals surface area (Å²) in [5.74, 6) is -1.60. The van der Waals surface area contributed by atoms with Crippen molar-refractivity contribution in [3.05, 3.63) is 88.1 Å². The van der Waals surface area contributed by atoms with Crippen LogP contribution in [-0.2, 0) is 6.54 Å². The molecule has 192 valence electrons. The summed E-state index contributed by atoms with van der Waals surface area (Å²) in [5.41, 5.74) is -0.208. The number of aromatic amines is 1. The Bertz CT molecular complexity index is 1480. The highest BCUT2D eigenvalue weighted by Crippen LogP contribution is 2.35. The molecule has 0 fully saturated rings. The molecule has 0 saturated heterocycles. The molecule has 4 N–H and O–H groups in total. The molecule has 0 bridgehead atoms. The van der Waals surface area contributed by atoms with Gasteiger partial charge in [-0.1, -0.05) is 24.3 Å². The molecule has 0 radical (unpaired) electrons. The molecule has 3 aromatic carbocycles. The van der Waals surface area contributed by atoms with Crippen molar-refractivity contribution in [2.75, 3.05) is 27.2 Å². The summed E-state index contributed by atoms with van der Waals surface area (Å²) in [6.45, 7) is 1.38. The first-order valence-corrected chi connectivity index (χ1v) is 11.4. The van der Waals surface area contributed by atoms with Gasteiger partial charge in [-0.3, -0.25) is 4.79 Å². The van der Waals surface area contributed by atoms with Gasteiger partial charge in [-0.15, -0.1) is 0 Å². The Morgan fingerprint density at radius 1 is 1.14 bits per heavy atom. The van der Waals surface area contributed by atoms with Crippen LogP contribution in [0.1, 0.15) is 15.9 Å². The summed E-state index contributed by atoms with van der Waals surface area (Å²) in [6, 6.07) is 15.1. The Morgan fingerprint density at radius 2 is 1.92 bits per heavy atom. The van der Waals surface area contributed by atoms with Crippen LogP contribution in [0.25, 0.3) is 17.1 Å². The number of para-hydroxylation sites is 1. The summed E-state index contributed by atoms with van der Waals surface area (Å²) in [5, 5.41) is 30.1. The van der Waals surface area contributed by atoms with Crippen molar-refractivity contribution in [2.45, 2.75) is 6.54 Å². The topological polar surface area (TPSA) is 133 Å². The van der Waals surface area contributed by atoms with E-state index in [9.17, 15) is 24.2 Å². The lowest BCUT2D eigenvalue weighted by Crippen LogP contribution is -2.26. The Labute approximate surface area is 211 Å². The maximum absolute atomic E-state index is 14.5. The van der Waals surface area contributed by atoms with Gasteiger partial charge < -0.3 is 25.2 Å². The van der Waals surface area contributed by atoms with Crippen LogP contribution in [0, 0.1) is 5.82 Å². The lowest BCUT2D eigenvalue weighted by atomic mass is 10.1. The van der Waals surface area contributed by atoms with Crippen LogP contribution in [0.15, 0.2) is 65.5 Å². The number of ether oxygens (including phenoxy) is 1. The first-order chi connectivity index (χ1) is 17.8. The van der Waals surface area contributed by atoms with E-state index in [2.05, 4.69) is 15.5 Å². The normalized spacial score (nSPS) is 10.9. The molecular weight excluding hydrogens is 481 g/mol. The Balaban J connectivity index is 1.64. The number of H-pyrrole nitrogens is 1. The number of nitrogens with zero attached hydrogens (tertiary/aromatic N) is 3. The van der Waals surface area contributed by atoms with Crippen molar-refractivity contribution in [1.82, 2.24) is 25.0 Å². The zero-order chi connectivity index (χ0) is 26.5. The molecule has 1 amide bonds. The number of hydrogen-bond acceptors (Lipinski definition) is 7. The van der Waals surface area contributed by atoms with Crippen LogP contribution in [0.4, 0.5) is 4.39 Å². The number of likely N-dealkylation sites (N-methyl/N-ethyl adjacent to an activating group) is 1. The Morgan fingerprint density at radius 3 is 2.68 bits per heavy atom. The van der Waals surface area contributed by atoms with E-state index in [1.54, 1.807) is 13.1 Å². The molecule has 1 heterocycles. The fraction of sp³-hybridized carbons (Fsp3) is 0.192. The second-order valence-corrected chi connectivity index (χ2v) is 8.29. The molecule has 0 atom stereocenters. The van der Waals surface area contributed by atoms with Gasteiger partial charge in [0.25, 0.3) is 5.91 Å². The van der Waals surface area contributed by atoms with E-state index < -0.39 is 28.9 Å². The third-order valence-electron chi connectivity index (χ3n) is 5.64. The lowest BCUT2D eigenvalue weighted by Gasteiger charge is -2.19. The second kappa shape index (κ2) is 11.0. The summed E-state index contributed by atoms with van der Waals surface area (Å²) >= 11 is 0. The number of aromatic nitrogens is 3. The summed E-state index contributed by atoms with van der Waals surface area (Å²) in [4.78, 5) is 27.1. The minimum absolute atomic E-state index is 0.0453. The fourth-order valence-electron chi connectivity index (χ4n) is 3.82. The summed E-state index contributed by atoms with van der Waals surface area (Å²) in [6.07, 6.45) is 0. The van der Waals surface area contributed by atoms with Gasteiger partial charge in [0.05, 0.1) is 16.8 Å². The van der Waals surface area contributed by atoms with Crippen molar-refractivity contribution in [2.24, 2.45) is 0 Å². The predicted molar refractivity (Wildman–Crippen MR) is 135 cm³/mol. The molecule has 4 aromatic rings. The molecule has 0 aliphatic carbocycles. The van der Waals surface area contributed by atoms with Crippen LogP contribution in [-0.4, -0.2) is 63.0 Å². The third-order valence-corrected chi connectivity index (χ3v) is 5.64. The summed E-state index contributed by atoms with van der Waals surface area (Å²) < 4.78 is 21.1.